The lowest BCUT2D eigenvalue weighted by Crippen LogP contribution is -2.10. The Balaban J connectivity index is 2.18. The first kappa shape index (κ1) is 11.8. The Kier molecular flexibility index (Phi) is 2.98. The molecular formula is C16H10ClNO. The molecule has 2 aromatic rings. The maximum Gasteiger partial charge on any atom is 0.128 e. The fraction of sp³-hybridized carbons (Fsp3) is 0.0625. The summed E-state index contributed by atoms with van der Waals surface area (Å²) in [4.78, 5) is 0. The molecule has 0 fully saturated rings. The van der Waals surface area contributed by atoms with Gasteiger partial charge in [0, 0.05) is 16.2 Å². The van der Waals surface area contributed by atoms with Gasteiger partial charge >= 0.3 is 0 Å². The summed E-state index contributed by atoms with van der Waals surface area (Å²) in [6.07, 6.45) is 0. The van der Waals surface area contributed by atoms with Crippen LogP contribution in [0, 0.1) is 11.3 Å². The molecule has 92 valence electrons. The Morgan fingerprint density at radius 2 is 1.79 bits per heavy atom. The number of ether oxygens (including phenoxy) is 1. The maximum absolute atomic E-state index is 9.43. The van der Waals surface area contributed by atoms with Crippen LogP contribution in [-0.4, -0.2) is 6.61 Å². The van der Waals surface area contributed by atoms with Gasteiger partial charge in [0.2, 0.25) is 0 Å². The Morgan fingerprint density at radius 3 is 2.53 bits per heavy atom. The average Bonchev–Trinajstić information content (AvgIpc) is 2.47. The van der Waals surface area contributed by atoms with Crippen LogP contribution in [0.15, 0.2) is 48.5 Å². The third-order valence-corrected chi connectivity index (χ3v) is 3.39. The molecule has 0 aromatic heterocycles. The lowest BCUT2D eigenvalue weighted by molar-refractivity contribution is 0.365. The number of rotatable bonds is 1. The van der Waals surface area contributed by atoms with Gasteiger partial charge in [-0.1, -0.05) is 35.9 Å². The highest BCUT2D eigenvalue weighted by Gasteiger charge is 2.20. The SMILES string of the molecule is N#CC1=C(c2ccc(Cl)cc2)COc2ccccc21. The van der Waals surface area contributed by atoms with Gasteiger partial charge in [-0.25, -0.2) is 0 Å². The van der Waals surface area contributed by atoms with Gasteiger partial charge in [-0.3, -0.25) is 0 Å². The molecule has 0 amide bonds. The number of hydrogen-bond donors (Lipinski definition) is 0. The number of benzene rings is 2. The van der Waals surface area contributed by atoms with Crippen molar-refractivity contribution in [2.24, 2.45) is 0 Å². The molecule has 0 saturated heterocycles. The Bertz CT molecular complexity index is 695. The molecule has 0 atom stereocenters. The van der Waals surface area contributed by atoms with Gasteiger partial charge in [0.05, 0.1) is 5.57 Å². The van der Waals surface area contributed by atoms with E-state index in [4.69, 9.17) is 16.3 Å². The molecule has 0 radical (unpaired) electrons. The van der Waals surface area contributed by atoms with E-state index in [9.17, 15) is 5.26 Å². The number of fused-ring (bicyclic) bond motifs is 1. The number of nitriles is 1. The van der Waals surface area contributed by atoms with Gasteiger partial charge in [0.15, 0.2) is 0 Å². The third-order valence-electron chi connectivity index (χ3n) is 3.13. The molecule has 0 N–H and O–H groups in total. The lowest BCUT2D eigenvalue weighted by atomic mass is 9.93. The zero-order valence-corrected chi connectivity index (χ0v) is 10.8. The minimum Gasteiger partial charge on any atom is -0.488 e. The molecule has 3 rings (SSSR count). The predicted molar refractivity (Wildman–Crippen MR) is 75.8 cm³/mol. The van der Waals surface area contributed by atoms with Crippen LogP contribution in [0.5, 0.6) is 5.75 Å². The minimum absolute atomic E-state index is 0.404. The van der Waals surface area contributed by atoms with Crippen LogP contribution >= 0.6 is 11.6 Å². The Hall–Kier alpha value is -2.24. The monoisotopic (exact) mass is 267 g/mol. The van der Waals surface area contributed by atoms with Crippen LogP contribution in [0.25, 0.3) is 11.1 Å². The van der Waals surface area contributed by atoms with Crippen molar-refractivity contribution in [3.8, 4) is 11.8 Å². The highest BCUT2D eigenvalue weighted by molar-refractivity contribution is 6.30. The van der Waals surface area contributed by atoms with Gasteiger partial charge in [0.1, 0.15) is 18.4 Å². The number of halogens is 1. The largest absolute Gasteiger partial charge is 0.488 e. The van der Waals surface area contributed by atoms with E-state index in [-0.39, 0.29) is 0 Å². The summed E-state index contributed by atoms with van der Waals surface area (Å²) in [5.74, 6) is 0.761. The van der Waals surface area contributed by atoms with Crippen molar-refractivity contribution >= 4 is 22.7 Å². The van der Waals surface area contributed by atoms with E-state index in [1.807, 2.05) is 48.5 Å². The number of hydrogen-bond acceptors (Lipinski definition) is 2. The van der Waals surface area contributed by atoms with Gasteiger partial charge < -0.3 is 4.74 Å². The zero-order valence-electron chi connectivity index (χ0n) is 10.1. The van der Waals surface area contributed by atoms with E-state index in [0.29, 0.717) is 17.2 Å². The van der Waals surface area contributed by atoms with Crippen LogP contribution in [0.2, 0.25) is 5.02 Å². The normalized spacial score (nSPS) is 13.5. The summed E-state index contributed by atoms with van der Waals surface area (Å²) in [6, 6.07) is 17.3. The van der Waals surface area contributed by atoms with E-state index < -0.39 is 0 Å². The molecule has 0 unspecified atom stereocenters. The van der Waals surface area contributed by atoms with E-state index in [1.165, 1.54) is 0 Å². The van der Waals surface area contributed by atoms with Crippen LogP contribution < -0.4 is 4.74 Å². The topological polar surface area (TPSA) is 33.0 Å². The van der Waals surface area contributed by atoms with E-state index in [1.54, 1.807) is 0 Å². The second-order valence-electron chi connectivity index (χ2n) is 4.26. The summed E-state index contributed by atoms with van der Waals surface area (Å²) >= 11 is 5.89. The second kappa shape index (κ2) is 4.79. The fourth-order valence-electron chi connectivity index (χ4n) is 2.19. The Morgan fingerprint density at radius 1 is 1.05 bits per heavy atom. The standard InChI is InChI=1S/C16H10ClNO/c17-12-7-5-11(6-8-12)15-10-19-16-4-2-1-3-13(16)14(15)9-18/h1-8H,10H2. The molecule has 0 aliphatic carbocycles. The highest BCUT2D eigenvalue weighted by atomic mass is 35.5. The number of allylic oxidation sites excluding steroid dienone is 1. The van der Waals surface area contributed by atoms with Crippen LogP contribution in [0.1, 0.15) is 11.1 Å². The first-order valence-corrected chi connectivity index (χ1v) is 6.29. The summed E-state index contributed by atoms with van der Waals surface area (Å²) in [5.41, 5.74) is 3.39. The summed E-state index contributed by atoms with van der Waals surface area (Å²) < 4.78 is 5.71. The van der Waals surface area contributed by atoms with Crippen molar-refractivity contribution in [2.75, 3.05) is 6.61 Å². The molecule has 3 heteroatoms. The van der Waals surface area contributed by atoms with E-state index >= 15 is 0 Å². The molecule has 0 bridgehead atoms. The van der Waals surface area contributed by atoms with Crippen molar-refractivity contribution in [2.45, 2.75) is 0 Å². The first-order chi connectivity index (χ1) is 9.29. The van der Waals surface area contributed by atoms with Crippen LogP contribution in [0.3, 0.4) is 0 Å². The highest BCUT2D eigenvalue weighted by Crippen LogP contribution is 2.36. The molecule has 19 heavy (non-hydrogen) atoms. The van der Waals surface area contributed by atoms with Gasteiger partial charge in [-0.15, -0.1) is 0 Å². The summed E-state index contributed by atoms with van der Waals surface area (Å²) in [5, 5.41) is 10.1. The van der Waals surface area contributed by atoms with Crippen molar-refractivity contribution in [1.29, 1.82) is 5.26 Å². The van der Waals surface area contributed by atoms with Crippen molar-refractivity contribution in [1.82, 2.24) is 0 Å². The lowest BCUT2D eigenvalue weighted by Gasteiger charge is -2.20. The zero-order chi connectivity index (χ0) is 13.2. The van der Waals surface area contributed by atoms with Crippen molar-refractivity contribution < 1.29 is 4.74 Å². The summed E-state index contributed by atoms with van der Waals surface area (Å²) in [6.45, 7) is 0.404. The van der Waals surface area contributed by atoms with Crippen molar-refractivity contribution in [3.63, 3.8) is 0 Å². The molecule has 1 heterocycles. The molecule has 2 nitrogen and oxygen atoms in total. The molecule has 0 spiro atoms. The van der Waals surface area contributed by atoms with Crippen LogP contribution in [-0.2, 0) is 0 Å². The predicted octanol–water partition coefficient (Wildman–Crippen LogP) is 4.17. The van der Waals surface area contributed by atoms with Crippen molar-refractivity contribution in [3.05, 3.63) is 64.7 Å². The first-order valence-electron chi connectivity index (χ1n) is 5.91. The molecular weight excluding hydrogens is 258 g/mol. The third kappa shape index (κ3) is 2.09. The molecule has 0 saturated carbocycles. The molecule has 1 aliphatic rings. The fourth-order valence-corrected chi connectivity index (χ4v) is 2.32. The van der Waals surface area contributed by atoms with Gasteiger partial charge in [-0.2, -0.15) is 5.26 Å². The number of para-hydroxylation sites is 1. The van der Waals surface area contributed by atoms with Crippen LogP contribution in [0.4, 0.5) is 0 Å². The molecule has 1 aliphatic heterocycles. The maximum atomic E-state index is 9.43. The van der Waals surface area contributed by atoms with E-state index in [0.717, 1.165) is 22.4 Å². The number of nitrogens with zero attached hydrogens (tertiary/aromatic N) is 1. The smallest absolute Gasteiger partial charge is 0.128 e. The molecule has 2 aromatic carbocycles. The summed E-state index contributed by atoms with van der Waals surface area (Å²) in [7, 11) is 0. The van der Waals surface area contributed by atoms with E-state index in [2.05, 4.69) is 6.07 Å². The average molecular weight is 268 g/mol. The van der Waals surface area contributed by atoms with Gasteiger partial charge in [-0.05, 0) is 29.8 Å². The second-order valence-corrected chi connectivity index (χ2v) is 4.69. The van der Waals surface area contributed by atoms with Gasteiger partial charge in [0.25, 0.3) is 0 Å². The quantitative estimate of drug-likeness (QED) is 0.777. The Labute approximate surface area is 116 Å². The minimum atomic E-state index is 0.404.